The number of rotatable bonds is 5. The molecule has 1 aromatic carbocycles. The molecule has 0 saturated carbocycles. The van der Waals surface area contributed by atoms with Gasteiger partial charge in [-0.2, -0.15) is 0 Å². The number of benzene rings is 1. The number of hydrogen-bond acceptors (Lipinski definition) is 5. The monoisotopic (exact) mass is 407 g/mol. The predicted molar refractivity (Wildman–Crippen MR) is 113 cm³/mol. The van der Waals surface area contributed by atoms with Gasteiger partial charge in [0.05, 0.1) is 35.7 Å². The van der Waals surface area contributed by atoms with E-state index in [1.807, 2.05) is 30.3 Å². The van der Waals surface area contributed by atoms with Gasteiger partial charge in [0.25, 0.3) is 0 Å². The second-order valence-corrected chi connectivity index (χ2v) is 7.28. The quantitative estimate of drug-likeness (QED) is 0.608. The lowest BCUT2D eigenvalue weighted by atomic mass is 9.72. The molecule has 0 radical (unpaired) electrons. The summed E-state index contributed by atoms with van der Waals surface area (Å²) in [6.07, 6.45) is 3.77. The van der Waals surface area contributed by atoms with Crippen LogP contribution in [0.4, 0.5) is 5.69 Å². The molecule has 156 valence electrons. The molecule has 30 heavy (non-hydrogen) atoms. The minimum atomic E-state index is -0.796. The molecule has 7 heteroatoms. The van der Waals surface area contributed by atoms with E-state index in [1.54, 1.807) is 17.9 Å². The molecule has 0 aliphatic carbocycles. The molecule has 0 unspecified atom stereocenters. The van der Waals surface area contributed by atoms with Crippen LogP contribution < -0.4 is 5.32 Å². The van der Waals surface area contributed by atoms with Crippen molar-refractivity contribution >= 4 is 23.5 Å². The molecule has 1 saturated heterocycles. The first-order valence-electron chi connectivity index (χ1n) is 9.74. The van der Waals surface area contributed by atoms with E-state index in [2.05, 4.69) is 16.9 Å². The molecule has 2 heterocycles. The average Bonchev–Trinajstić information content (AvgIpc) is 2.79. The summed E-state index contributed by atoms with van der Waals surface area (Å²) < 4.78 is 4.79. The van der Waals surface area contributed by atoms with E-state index < -0.39 is 11.4 Å². The van der Waals surface area contributed by atoms with E-state index in [9.17, 15) is 14.4 Å². The number of carbonyl (C=O) groups excluding carboxylic acids is 3. The number of amides is 2. The largest absolute Gasteiger partial charge is 0.465 e. The summed E-state index contributed by atoms with van der Waals surface area (Å²) in [7, 11) is 1.30. The van der Waals surface area contributed by atoms with Crippen molar-refractivity contribution in [2.24, 2.45) is 0 Å². The fraction of sp³-hybridized carbons (Fsp3) is 0.304. The molecular formula is C23H25N3O4. The van der Waals surface area contributed by atoms with Crippen LogP contribution >= 0.6 is 0 Å². The van der Waals surface area contributed by atoms with Gasteiger partial charge >= 0.3 is 5.97 Å². The number of esters is 1. The number of carbonyl (C=O) groups is 3. The van der Waals surface area contributed by atoms with Crippen LogP contribution in [0.3, 0.4) is 0 Å². The van der Waals surface area contributed by atoms with Crippen LogP contribution in [-0.2, 0) is 19.7 Å². The molecule has 3 rings (SSSR count). The fourth-order valence-corrected chi connectivity index (χ4v) is 3.81. The zero-order valence-corrected chi connectivity index (χ0v) is 17.2. The first-order valence-corrected chi connectivity index (χ1v) is 9.74. The zero-order valence-electron chi connectivity index (χ0n) is 17.2. The summed E-state index contributed by atoms with van der Waals surface area (Å²) in [5.74, 6) is -0.839. The number of likely N-dealkylation sites (tertiary alicyclic amines) is 1. The number of aromatic nitrogens is 1. The van der Waals surface area contributed by atoms with Crippen molar-refractivity contribution in [3.05, 3.63) is 72.1 Å². The summed E-state index contributed by atoms with van der Waals surface area (Å²) in [6.45, 7) is 6.15. The number of methoxy groups -OCH3 is 1. The Balaban J connectivity index is 1.90. The Hall–Kier alpha value is -3.48. The Morgan fingerprint density at radius 3 is 2.47 bits per heavy atom. The molecule has 2 aromatic rings. The second kappa shape index (κ2) is 8.90. The molecule has 2 amide bonds. The van der Waals surface area contributed by atoms with Crippen LogP contribution in [0.2, 0.25) is 0 Å². The molecule has 1 aliphatic heterocycles. The SMILES string of the molecule is C=CC(=O)N1CCC(C(=O)Nc2cnc(C)c(C(=O)OC)c2)(c2ccccc2)CC1. The highest BCUT2D eigenvalue weighted by atomic mass is 16.5. The lowest BCUT2D eigenvalue weighted by Crippen LogP contribution is -2.50. The Bertz CT molecular complexity index is 964. The van der Waals surface area contributed by atoms with Gasteiger partial charge in [0.2, 0.25) is 11.8 Å². The lowest BCUT2D eigenvalue weighted by molar-refractivity contribution is -0.131. The zero-order chi connectivity index (χ0) is 21.7. The first kappa shape index (κ1) is 21.2. The summed E-state index contributed by atoms with van der Waals surface area (Å²) in [4.78, 5) is 43.4. The number of anilines is 1. The number of pyridine rings is 1. The van der Waals surface area contributed by atoms with E-state index >= 15 is 0 Å². The molecular weight excluding hydrogens is 382 g/mol. The molecule has 7 nitrogen and oxygen atoms in total. The third-order valence-electron chi connectivity index (χ3n) is 5.61. The van der Waals surface area contributed by atoms with Crippen molar-refractivity contribution in [3.8, 4) is 0 Å². The molecule has 0 bridgehead atoms. The normalized spacial score (nSPS) is 15.2. The fourth-order valence-electron chi connectivity index (χ4n) is 3.81. The molecule has 1 aromatic heterocycles. The van der Waals surface area contributed by atoms with Gasteiger partial charge < -0.3 is 15.0 Å². The van der Waals surface area contributed by atoms with Crippen molar-refractivity contribution in [3.63, 3.8) is 0 Å². The highest BCUT2D eigenvalue weighted by Gasteiger charge is 2.43. The van der Waals surface area contributed by atoms with E-state index in [4.69, 9.17) is 4.74 Å². The topological polar surface area (TPSA) is 88.6 Å². The standard InChI is InChI=1S/C23H25N3O4/c1-4-20(27)26-12-10-23(11-13-26,17-8-6-5-7-9-17)22(29)25-18-14-19(21(28)30-3)16(2)24-15-18/h4-9,14-15H,1,10-13H2,2-3H3,(H,25,29). The molecule has 1 aliphatic rings. The predicted octanol–water partition coefficient (Wildman–Crippen LogP) is 2.86. The Morgan fingerprint density at radius 2 is 1.87 bits per heavy atom. The van der Waals surface area contributed by atoms with E-state index in [1.165, 1.54) is 19.4 Å². The van der Waals surface area contributed by atoms with Gasteiger partial charge in [0, 0.05) is 13.1 Å². The van der Waals surface area contributed by atoms with Crippen LogP contribution in [0.1, 0.15) is 34.5 Å². The Morgan fingerprint density at radius 1 is 1.20 bits per heavy atom. The van der Waals surface area contributed by atoms with Gasteiger partial charge in [-0.1, -0.05) is 36.9 Å². The third kappa shape index (κ3) is 4.10. The Labute approximate surface area is 175 Å². The van der Waals surface area contributed by atoms with Gasteiger partial charge in [-0.15, -0.1) is 0 Å². The van der Waals surface area contributed by atoms with E-state index in [0.29, 0.717) is 42.9 Å². The maximum Gasteiger partial charge on any atom is 0.339 e. The first-order chi connectivity index (χ1) is 14.4. The van der Waals surface area contributed by atoms with Crippen LogP contribution in [0.15, 0.2) is 55.3 Å². The third-order valence-corrected chi connectivity index (χ3v) is 5.61. The van der Waals surface area contributed by atoms with Gasteiger partial charge in [-0.05, 0) is 37.5 Å². The van der Waals surface area contributed by atoms with Gasteiger partial charge in [0.15, 0.2) is 0 Å². The number of nitrogens with zero attached hydrogens (tertiary/aromatic N) is 2. The number of aryl methyl sites for hydroxylation is 1. The van der Waals surface area contributed by atoms with Gasteiger partial charge in [-0.3, -0.25) is 14.6 Å². The number of piperidine rings is 1. The van der Waals surface area contributed by atoms with E-state index in [-0.39, 0.29) is 11.8 Å². The maximum atomic E-state index is 13.5. The minimum Gasteiger partial charge on any atom is -0.465 e. The van der Waals surface area contributed by atoms with Gasteiger partial charge in [-0.25, -0.2) is 4.79 Å². The van der Waals surface area contributed by atoms with Crippen LogP contribution in [0.5, 0.6) is 0 Å². The smallest absolute Gasteiger partial charge is 0.339 e. The van der Waals surface area contributed by atoms with Crippen molar-refractivity contribution < 1.29 is 19.1 Å². The number of hydrogen-bond donors (Lipinski definition) is 1. The Kier molecular flexibility index (Phi) is 6.30. The van der Waals surface area contributed by atoms with Crippen molar-refractivity contribution in [1.29, 1.82) is 0 Å². The summed E-state index contributed by atoms with van der Waals surface area (Å²) >= 11 is 0. The van der Waals surface area contributed by atoms with Gasteiger partial charge in [0.1, 0.15) is 0 Å². The van der Waals surface area contributed by atoms with Crippen molar-refractivity contribution in [2.45, 2.75) is 25.2 Å². The highest BCUT2D eigenvalue weighted by Crippen LogP contribution is 2.37. The molecule has 1 N–H and O–H groups in total. The number of nitrogens with one attached hydrogen (secondary N) is 1. The van der Waals surface area contributed by atoms with Crippen molar-refractivity contribution in [1.82, 2.24) is 9.88 Å². The molecule has 0 spiro atoms. The summed E-state index contributed by atoms with van der Waals surface area (Å²) in [5.41, 5.74) is 1.34. The number of ether oxygens (including phenoxy) is 1. The summed E-state index contributed by atoms with van der Waals surface area (Å²) in [5, 5.41) is 2.92. The average molecular weight is 407 g/mol. The second-order valence-electron chi connectivity index (χ2n) is 7.28. The maximum absolute atomic E-state index is 13.5. The lowest BCUT2D eigenvalue weighted by Gasteiger charge is -2.40. The van der Waals surface area contributed by atoms with Crippen LogP contribution in [0, 0.1) is 6.92 Å². The molecule has 0 atom stereocenters. The highest BCUT2D eigenvalue weighted by molar-refractivity contribution is 6.00. The van der Waals surface area contributed by atoms with Crippen LogP contribution in [-0.4, -0.2) is 47.9 Å². The molecule has 1 fully saturated rings. The van der Waals surface area contributed by atoms with Crippen LogP contribution in [0.25, 0.3) is 0 Å². The minimum absolute atomic E-state index is 0.137. The van der Waals surface area contributed by atoms with Crippen molar-refractivity contribution in [2.75, 3.05) is 25.5 Å². The van der Waals surface area contributed by atoms with E-state index in [0.717, 1.165) is 5.56 Å². The summed E-state index contributed by atoms with van der Waals surface area (Å²) in [6, 6.07) is 11.1.